The van der Waals surface area contributed by atoms with Gasteiger partial charge in [0.05, 0.1) is 0 Å². The van der Waals surface area contributed by atoms with Crippen LogP contribution < -0.4 is 5.32 Å². The van der Waals surface area contributed by atoms with Gasteiger partial charge in [0, 0.05) is 6.54 Å². The van der Waals surface area contributed by atoms with Crippen molar-refractivity contribution in [2.75, 3.05) is 13.2 Å². The van der Waals surface area contributed by atoms with E-state index in [1.165, 1.54) is 6.08 Å². The van der Waals surface area contributed by atoms with E-state index < -0.39 is 30.7 Å². The van der Waals surface area contributed by atoms with Crippen molar-refractivity contribution in [1.29, 1.82) is 0 Å². The Morgan fingerprint density at radius 1 is 1.50 bits per heavy atom. The summed E-state index contributed by atoms with van der Waals surface area (Å²) in [6, 6.07) is 0. The first-order valence-electron chi connectivity index (χ1n) is 4.10. The first-order chi connectivity index (χ1) is 7.29. The fourth-order valence-electron chi connectivity index (χ4n) is 0.714. The second-order valence-corrected chi connectivity index (χ2v) is 2.70. The van der Waals surface area contributed by atoms with Gasteiger partial charge < -0.3 is 15.2 Å². The molecule has 1 atom stereocenters. The third-order valence-electron chi connectivity index (χ3n) is 1.48. The number of amides is 1. The Balaban J connectivity index is 4.18. The predicted octanol–water partition coefficient (Wildman–Crippen LogP) is 1.16. The number of rotatable bonds is 5. The van der Waals surface area contributed by atoms with E-state index >= 15 is 0 Å². The van der Waals surface area contributed by atoms with Crippen LogP contribution in [0.1, 0.15) is 0 Å². The van der Waals surface area contributed by atoms with E-state index in [2.05, 4.69) is 11.3 Å². The maximum absolute atomic E-state index is 12.1. The summed E-state index contributed by atoms with van der Waals surface area (Å²) in [5.74, 6) is -4.71. The molecule has 0 aliphatic heterocycles. The zero-order valence-electron chi connectivity index (χ0n) is 8.08. The summed E-state index contributed by atoms with van der Waals surface area (Å²) in [4.78, 5) is 21.0. The molecule has 0 rings (SSSR count). The van der Waals surface area contributed by atoms with Gasteiger partial charge in [-0.25, -0.2) is 4.79 Å². The summed E-state index contributed by atoms with van der Waals surface area (Å²) in [6.07, 6.45) is -4.83. The van der Waals surface area contributed by atoms with Crippen molar-refractivity contribution in [3.63, 3.8) is 0 Å². The molecule has 0 saturated heterocycles. The van der Waals surface area contributed by atoms with Gasteiger partial charge >= 0.3 is 18.2 Å². The molecule has 0 radical (unpaired) electrons. The molecule has 0 aromatic rings. The number of alkyl halides is 3. The fraction of sp³-hybridized carbons (Fsp3) is 0.500. The predicted molar refractivity (Wildman–Crippen MR) is 46.7 cm³/mol. The first kappa shape index (κ1) is 14.3. The second kappa shape index (κ2) is 5.99. The van der Waals surface area contributed by atoms with Crippen LogP contribution in [0.25, 0.3) is 0 Å². The van der Waals surface area contributed by atoms with Crippen LogP contribution in [0, 0.1) is 5.92 Å². The van der Waals surface area contributed by atoms with Crippen molar-refractivity contribution in [3.05, 3.63) is 12.7 Å². The molecule has 0 fully saturated rings. The van der Waals surface area contributed by atoms with Crippen LogP contribution in [0.4, 0.5) is 18.0 Å². The molecule has 8 heteroatoms. The van der Waals surface area contributed by atoms with Crippen LogP contribution in [-0.2, 0) is 9.53 Å². The van der Waals surface area contributed by atoms with Gasteiger partial charge in [-0.05, 0) is 0 Å². The number of carbonyl (C=O) groups excluding carboxylic acids is 1. The minimum atomic E-state index is -4.92. The minimum Gasteiger partial charge on any atom is -0.481 e. The summed E-state index contributed by atoms with van der Waals surface area (Å²) >= 11 is 0. The highest BCUT2D eigenvalue weighted by molar-refractivity contribution is 5.73. The van der Waals surface area contributed by atoms with Crippen LogP contribution in [0.15, 0.2) is 12.7 Å². The van der Waals surface area contributed by atoms with E-state index in [-0.39, 0.29) is 6.61 Å². The van der Waals surface area contributed by atoms with E-state index in [1.54, 1.807) is 5.32 Å². The van der Waals surface area contributed by atoms with Crippen molar-refractivity contribution < 1.29 is 32.6 Å². The minimum absolute atomic E-state index is 0.171. The highest BCUT2D eigenvalue weighted by atomic mass is 19.4. The molecule has 0 bridgehead atoms. The van der Waals surface area contributed by atoms with Crippen LogP contribution in [-0.4, -0.2) is 36.5 Å². The lowest BCUT2D eigenvalue weighted by Gasteiger charge is -2.16. The number of carboxylic acid groups (broad SMARTS) is 1. The SMILES string of the molecule is C=CCOC(=O)NCC(C(=O)O)C(F)(F)F. The number of ether oxygens (including phenoxy) is 1. The number of alkyl carbamates (subject to hydrolysis) is 1. The molecule has 0 aromatic heterocycles. The number of carboxylic acids is 1. The van der Waals surface area contributed by atoms with Gasteiger partial charge in [-0.15, -0.1) is 0 Å². The number of hydrogen-bond donors (Lipinski definition) is 2. The van der Waals surface area contributed by atoms with Gasteiger partial charge in [0.25, 0.3) is 0 Å². The zero-order chi connectivity index (χ0) is 12.8. The van der Waals surface area contributed by atoms with Crippen molar-refractivity contribution in [2.24, 2.45) is 5.92 Å². The Kier molecular flexibility index (Phi) is 5.34. The number of hydrogen-bond acceptors (Lipinski definition) is 3. The Morgan fingerprint density at radius 3 is 2.44 bits per heavy atom. The van der Waals surface area contributed by atoms with Crippen molar-refractivity contribution in [1.82, 2.24) is 5.32 Å². The molecular formula is C8H10F3NO4. The monoisotopic (exact) mass is 241 g/mol. The Labute approximate surface area is 88.9 Å². The Morgan fingerprint density at radius 2 is 2.06 bits per heavy atom. The summed E-state index contributed by atoms with van der Waals surface area (Å²) in [6.45, 7) is 1.97. The third kappa shape index (κ3) is 5.23. The highest BCUT2D eigenvalue weighted by Crippen LogP contribution is 2.25. The summed E-state index contributed by atoms with van der Waals surface area (Å²) < 4.78 is 40.6. The first-order valence-corrected chi connectivity index (χ1v) is 4.10. The number of carbonyl (C=O) groups is 2. The quantitative estimate of drug-likeness (QED) is 0.708. The van der Waals surface area contributed by atoms with Gasteiger partial charge in [-0.3, -0.25) is 4.79 Å². The van der Waals surface area contributed by atoms with E-state index in [4.69, 9.17) is 5.11 Å². The third-order valence-corrected chi connectivity index (χ3v) is 1.48. The topological polar surface area (TPSA) is 75.6 Å². The van der Waals surface area contributed by atoms with Crippen LogP contribution in [0.3, 0.4) is 0 Å². The van der Waals surface area contributed by atoms with Gasteiger partial charge in [0.2, 0.25) is 0 Å². The largest absolute Gasteiger partial charge is 0.481 e. The molecule has 5 nitrogen and oxygen atoms in total. The lowest BCUT2D eigenvalue weighted by atomic mass is 10.1. The smallest absolute Gasteiger partial charge is 0.407 e. The maximum Gasteiger partial charge on any atom is 0.407 e. The molecule has 0 heterocycles. The number of halogens is 3. The van der Waals surface area contributed by atoms with Gasteiger partial charge in [0.15, 0.2) is 5.92 Å². The summed E-state index contributed by atoms with van der Waals surface area (Å²) in [7, 11) is 0. The number of aliphatic carboxylic acids is 1. The van der Waals surface area contributed by atoms with Crippen LogP contribution in [0.2, 0.25) is 0 Å². The number of nitrogens with one attached hydrogen (secondary N) is 1. The molecule has 0 saturated carbocycles. The molecule has 0 spiro atoms. The standard InChI is InChI=1S/C8H10F3NO4/c1-2-3-16-7(15)12-4-5(6(13)14)8(9,10)11/h2,5H,1,3-4H2,(H,12,15)(H,13,14). The van der Waals surface area contributed by atoms with E-state index in [1.807, 2.05) is 0 Å². The average molecular weight is 241 g/mol. The van der Waals surface area contributed by atoms with Crippen molar-refractivity contribution in [3.8, 4) is 0 Å². The normalized spacial score (nSPS) is 12.7. The molecule has 1 amide bonds. The fourth-order valence-corrected chi connectivity index (χ4v) is 0.714. The molecule has 16 heavy (non-hydrogen) atoms. The maximum atomic E-state index is 12.1. The zero-order valence-corrected chi connectivity index (χ0v) is 8.08. The highest BCUT2D eigenvalue weighted by Gasteiger charge is 2.45. The van der Waals surface area contributed by atoms with E-state index in [0.717, 1.165) is 0 Å². The van der Waals surface area contributed by atoms with Crippen LogP contribution >= 0.6 is 0 Å². The average Bonchev–Trinajstić information content (AvgIpc) is 2.12. The molecule has 0 aromatic carbocycles. The molecular weight excluding hydrogens is 231 g/mol. The van der Waals surface area contributed by atoms with Crippen LogP contribution in [0.5, 0.6) is 0 Å². The molecule has 92 valence electrons. The Bertz CT molecular complexity index is 277. The second-order valence-electron chi connectivity index (χ2n) is 2.70. The molecule has 0 aliphatic carbocycles. The molecule has 1 unspecified atom stereocenters. The summed E-state index contributed by atoms with van der Waals surface area (Å²) in [5, 5.41) is 9.97. The van der Waals surface area contributed by atoms with Crippen molar-refractivity contribution >= 4 is 12.1 Å². The lowest BCUT2D eigenvalue weighted by Crippen LogP contribution is -2.41. The van der Waals surface area contributed by atoms with Gasteiger partial charge in [-0.1, -0.05) is 12.7 Å². The lowest BCUT2D eigenvalue weighted by molar-refractivity contribution is -0.192. The Hall–Kier alpha value is -1.73. The van der Waals surface area contributed by atoms with E-state index in [9.17, 15) is 22.8 Å². The van der Waals surface area contributed by atoms with E-state index in [0.29, 0.717) is 0 Å². The van der Waals surface area contributed by atoms with Crippen molar-refractivity contribution in [2.45, 2.75) is 6.18 Å². The van der Waals surface area contributed by atoms with Gasteiger partial charge in [0.1, 0.15) is 6.61 Å². The summed E-state index contributed by atoms with van der Waals surface area (Å²) in [5.41, 5.74) is 0. The van der Waals surface area contributed by atoms with Gasteiger partial charge in [-0.2, -0.15) is 13.2 Å². The molecule has 2 N–H and O–H groups in total. The molecule has 0 aliphatic rings.